The zero-order valence-corrected chi connectivity index (χ0v) is 10.1. The molecule has 1 aliphatic rings. The van der Waals surface area contributed by atoms with Gasteiger partial charge in [-0.25, -0.2) is 0 Å². The highest BCUT2D eigenvalue weighted by molar-refractivity contribution is 5.56. The number of nitro benzene ring substituents is 1. The number of nitro groups is 1. The second kappa shape index (κ2) is 5.05. The van der Waals surface area contributed by atoms with Crippen LogP contribution in [0.25, 0.3) is 0 Å². The van der Waals surface area contributed by atoms with Gasteiger partial charge < -0.3 is 4.74 Å². The molecule has 0 spiro atoms. The van der Waals surface area contributed by atoms with Crippen LogP contribution in [-0.2, 0) is 0 Å². The van der Waals surface area contributed by atoms with Crippen molar-refractivity contribution in [3.05, 3.63) is 33.9 Å². The monoisotopic (exact) mass is 246 g/mol. The maximum Gasteiger partial charge on any atom is 0.290 e. The Kier molecular flexibility index (Phi) is 3.47. The lowest BCUT2D eigenvalue weighted by Crippen LogP contribution is -2.19. The van der Waals surface area contributed by atoms with Gasteiger partial charge in [-0.15, -0.1) is 0 Å². The molecule has 2 rings (SSSR count). The summed E-state index contributed by atoms with van der Waals surface area (Å²) >= 11 is 0. The van der Waals surface area contributed by atoms with Crippen molar-refractivity contribution in [3.63, 3.8) is 0 Å². The Morgan fingerprint density at radius 3 is 2.83 bits per heavy atom. The van der Waals surface area contributed by atoms with Crippen LogP contribution in [0, 0.1) is 27.4 Å². The first-order valence-corrected chi connectivity index (χ1v) is 5.97. The van der Waals surface area contributed by atoms with E-state index in [0.29, 0.717) is 11.7 Å². The van der Waals surface area contributed by atoms with E-state index < -0.39 is 4.92 Å². The van der Waals surface area contributed by atoms with Gasteiger partial charge in [-0.2, -0.15) is 5.26 Å². The minimum Gasteiger partial charge on any atom is -0.488 e. The van der Waals surface area contributed by atoms with Crippen LogP contribution in [0.2, 0.25) is 0 Å². The van der Waals surface area contributed by atoms with E-state index in [2.05, 4.69) is 6.92 Å². The van der Waals surface area contributed by atoms with E-state index >= 15 is 0 Å². The van der Waals surface area contributed by atoms with Gasteiger partial charge >= 0.3 is 0 Å². The normalized spacial score (nSPS) is 22.4. The predicted octanol–water partition coefficient (Wildman–Crippen LogP) is 3.03. The highest BCUT2D eigenvalue weighted by atomic mass is 16.6. The van der Waals surface area contributed by atoms with Gasteiger partial charge in [-0.05, 0) is 31.2 Å². The summed E-state index contributed by atoms with van der Waals surface area (Å²) in [5.74, 6) is 0.751. The Morgan fingerprint density at radius 1 is 1.50 bits per heavy atom. The van der Waals surface area contributed by atoms with E-state index in [0.717, 1.165) is 19.3 Å². The summed E-state index contributed by atoms with van der Waals surface area (Å²) in [6.45, 7) is 2.10. The molecular formula is C13H14N2O3. The lowest BCUT2D eigenvalue weighted by atomic mass is 10.1. The fourth-order valence-electron chi connectivity index (χ4n) is 2.33. The molecule has 0 unspecified atom stereocenters. The van der Waals surface area contributed by atoms with Crippen molar-refractivity contribution in [2.75, 3.05) is 0 Å². The topological polar surface area (TPSA) is 76.2 Å². The second-order valence-corrected chi connectivity index (χ2v) is 4.58. The third-order valence-corrected chi connectivity index (χ3v) is 3.37. The summed E-state index contributed by atoms with van der Waals surface area (Å²) in [5.41, 5.74) is -0.178. The van der Waals surface area contributed by atoms with Crippen molar-refractivity contribution in [2.24, 2.45) is 5.92 Å². The van der Waals surface area contributed by atoms with Crippen molar-refractivity contribution < 1.29 is 9.66 Å². The number of hydrogen-bond acceptors (Lipinski definition) is 4. The molecule has 2 atom stereocenters. The smallest absolute Gasteiger partial charge is 0.290 e. The van der Waals surface area contributed by atoms with Gasteiger partial charge in [0.15, 0.2) is 5.56 Å². The van der Waals surface area contributed by atoms with Gasteiger partial charge in [0, 0.05) is 6.07 Å². The third-order valence-electron chi connectivity index (χ3n) is 3.37. The molecule has 1 aromatic rings. The summed E-state index contributed by atoms with van der Waals surface area (Å²) in [6, 6.07) is 6.36. The van der Waals surface area contributed by atoms with Crippen LogP contribution < -0.4 is 4.74 Å². The van der Waals surface area contributed by atoms with Crippen LogP contribution in [0.1, 0.15) is 31.7 Å². The maximum atomic E-state index is 10.8. The fraction of sp³-hybridized carbons (Fsp3) is 0.462. The van der Waals surface area contributed by atoms with Crippen LogP contribution in [0.5, 0.6) is 5.75 Å². The first-order chi connectivity index (χ1) is 8.63. The van der Waals surface area contributed by atoms with Gasteiger partial charge in [0.2, 0.25) is 0 Å². The zero-order chi connectivity index (χ0) is 13.1. The van der Waals surface area contributed by atoms with Gasteiger partial charge in [-0.1, -0.05) is 13.0 Å². The molecule has 0 heterocycles. The molecule has 0 amide bonds. The van der Waals surface area contributed by atoms with Gasteiger partial charge in [-0.3, -0.25) is 10.1 Å². The first-order valence-electron chi connectivity index (χ1n) is 5.97. The van der Waals surface area contributed by atoms with E-state index in [1.807, 2.05) is 6.07 Å². The largest absolute Gasteiger partial charge is 0.488 e. The number of nitriles is 1. The summed E-state index contributed by atoms with van der Waals surface area (Å²) < 4.78 is 5.77. The molecule has 94 valence electrons. The molecule has 5 nitrogen and oxygen atoms in total. The minimum absolute atomic E-state index is 0.0154. The highest BCUT2D eigenvalue weighted by Gasteiger charge is 2.27. The SMILES string of the molecule is C[C@@H]1CCC[C@H]1Oc1cccc([N+](=O)[O-])c1C#N. The zero-order valence-electron chi connectivity index (χ0n) is 10.1. The fourth-order valence-corrected chi connectivity index (χ4v) is 2.33. The van der Waals surface area contributed by atoms with Gasteiger partial charge in [0.1, 0.15) is 17.9 Å². The molecule has 0 bridgehead atoms. The number of nitrogens with zero attached hydrogens (tertiary/aromatic N) is 2. The molecule has 0 saturated heterocycles. The number of benzene rings is 1. The third kappa shape index (κ3) is 2.28. The van der Waals surface area contributed by atoms with Crippen molar-refractivity contribution in [2.45, 2.75) is 32.3 Å². The molecule has 5 heteroatoms. The molecule has 1 aliphatic carbocycles. The summed E-state index contributed by atoms with van der Waals surface area (Å²) in [6.07, 6.45) is 3.19. The molecule has 1 aromatic carbocycles. The van der Waals surface area contributed by atoms with Crippen molar-refractivity contribution in [1.29, 1.82) is 5.26 Å². The predicted molar refractivity (Wildman–Crippen MR) is 65.2 cm³/mol. The van der Waals surface area contributed by atoms with E-state index in [4.69, 9.17) is 10.00 Å². The maximum absolute atomic E-state index is 10.8. The van der Waals surface area contributed by atoms with Gasteiger partial charge in [0.25, 0.3) is 5.69 Å². The molecule has 0 radical (unpaired) electrons. The summed E-state index contributed by atoms with van der Waals surface area (Å²) in [7, 11) is 0. The molecule has 18 heavy (non-hydrogen) atoms. The Morgan fingerprint density at radius 2 is 2.28 bits per heavy atom. The Bertz CT molecular complexity index is 507. The molecule has 1 fully saturated rings. The average Bonchev–Trinajstić information content (AvgIpc) is 2.74. The molecular weight excluding hydrogens is 232 g/mol. The van der Waals surface area contributed by atoms with Crippen LogP contribution in [0.4, 0.5) is 5.69 Å². The summed E-state index contributed by atoms with van der Waals surface area (Å²) in [4.78, 5) is 10.3. The van der Waals surface area contributed by atoms with Crippen molar-refractivity contribution >= 4 is 5.69 Å². The quantitative estimate of drug-likeness (QED) is 0.606. The minimum atomic E-state index is -0.552. The first kappa shape index (κ1) is 12.4. The molecule has 0 N–H and O–H groups in total. The lowest BCUT2D eigenvalue weighted by Gasteiger charge is -2.18. The number of rotatable bonds is 3. The van der Waals surface area contributed by atoms with Crippen LogP contribution >= 0.6 is 0 Å². The Hall–Kier alpha value is -2.09. The van der Waals surface area contributed by atoms with Crippen molar-refractivity contribution in [1.82, 2.24) is 0 Å². The van der Waals surface area contributed by atoms with Gasteiger partial charge in [0.05, 0.1) is 4.92 Å². The second-order valence-electron chi connectivity index (χ2n) is 4.58. The molecule has 0 aromatic heterocycles. The lowest BCUT2D eigenvalue weighted by molar-refractivity contribution is -0.385. The Balaban J connectivity index is 2.30. The average molecular weight is 246 g/mol. The molecule has 0 aliphatic heterocycles. The van der Waals surface area contributed by atoms with Crippen molar-refractivity contribution in [3.8, 4) is 11.8 Å². The number of ether oxygens (including phenoxy) is 1. The van der Waals surface area contributed by atoms with Crippen LogP contribution in [-0.4, -0.2) is 11.0 Å². The van der Waals surface area contributed by atoms with E-state index in [9.17, 15) is 10.1 Å². The van der Waals surface area contributed by atoms with E-state index in [1.165, 1.54) is 6.07 Å². The summed E-state index contributed by atoms with van der Waals surface area (Å²) in [5, 5.41) is 19.9. The highest BCUT2D eigenvalue weighted by Crippen LogP contribution is 2.33. The van der Waals surface area contributed by atoms with E-state index in [-0.39, 0.29) is 17.4 Å². The number of hydrogen-bond donors (Lipinski definition) is 0. The Labute approximate surface area is 105 Å². The van der Waals surface area contributed by atoms with Crippen LogP contribution in [0.3, 0.4) is 0 Å². The van der Waals surface area contributed by atoms with E-state index in [1.54, 1.807) is 12.1 Å². The standard InChI is InChI=1S/C13H14N2O3/c1-9-4-2-6-12(9)18-13-7-3-5-11(15(16)17)10(13)8-14/h3,5,7,9,12H,2,4,6H2,1H3/t9-,12-/m1/s1. The van der Waals surface area contributed by atoms with Crippen LogP contribution in [0.15, 0.2) is 18.2 Å². The molecule has 1 saturated carbocycles.